The molecule has 2 rings (SSSR count). The van der Waals surface area contributed by atoms with Gasteiger partial charge >= 0.3 is 0 Å². The average Bonchev–Trinajstić information content (AvgIpc) is 2.43. The third-order valence-electron chi connectivity index (χ3n) is 3.01. The third kappa shape index (κ3) is 3.82. The van der Waals surface area contributed by atoms with Gasteiger partial charge in [-0.25, -0.2) is 0 Å². The monoisotopic (exact) mass is 319 g/mol. The van der Waals surface area contributed by atoms with Crippen molar-refractivity contribution in [3.8, 4) is 11.5 Å². The highest BCUT2D eigenvalue weighted by molar-refractivity contribution is 9.10. The number of benzene rings is 2. The maximum atomic E-state index is 5.83. The number of hydrogen-bond acceptors (Lipinski definition) is 2. The predicted molar refractivity (Wildman–Crippen MR) is 82.8 cm³/mol. The van der Waals surface area contributed by atoms with Gasteiger partial charge in [-0.2, -0.15) is 0 Å². The SMILES string of the molecule is CCc1ccc(Oc2ccc(CCN)c(Br)c2)cc1. The summed E-state index contributed by atoms with van der Waals surface area (Å²) in [4.78, 5) is 0. The molecular formula is C16H18BrNO. The molecule has 0 saturated carbocycles. The standard InChI is InChI=1S/C16H18BrNO/c1-2-12-3-6-14(7-4-12)19-15-8-5-13(9-10-18)16(17)11-15/h3-8,11H,2,9-10,18H2,1H3. The molecular weight excluding hydrogens is 302 g/mol. The van der Waals surface area contributed by atoms with Crippen LogP contribution in [0.1, 0.15) is 18.1 Å². The van der Waals surface area contributed by atoms with E-state index in [0.717, 1.165) is 28.8 Å². The van der Waals surface area contributed by atoms with E-state index in [0.29, 0.717) is 6.54 Å². The molecule has 0 aromatic heterocycles. The highest BCUT2D eigenvalue weighted by Gasteiger charge is 2.03. The topological polar surface area (TPSA) is 35.2 Å². The molecule has 0 radical (unpaired) electrons. The zero-order chi connectivity index (χ0) is 13.7. The fraction of sp³-hybridized carbons (Fsp3) is 0.250. The van der Waals surface area contributed by atoms with Crippen molar-refractivity contribution >= 4 is 15.9 Å². The minimum atomic E-state index is 0.650. The van der Waals surface area contributed by atoms with Gasteiger partial charge in [0.05, 0.1) is 0 Å². The Bertz CT molecular complexity index is 537. The Hall–Kier alpha value is -1.32. The Labute approximate surface area is 122 Å². The minimum Gasteiger partial charge on any atom is -0.457 e. The number of aryl methyl sites for hydroxylation is 1. The van der Waals surface area contributed by atoms with Crippen LogP contribution in [0.25, 0.3) is 0 Å². The summed E-state index contributed by atoms with van der Waals surface area (Å²) in [5, 5.41) is 0. The number of halogens is 1. The summed E-state index contributed by atoms with van der Waals surface area (Å²) in [6.45, 7) is 2.79. The third-order valence-corrected chi connectivity index (χ3v) is 3.74. The van der Waals surface area contributed by atoms with Gasteiger partial charge in [-0.1, -0.05) is 41.1 Å². The van der Waals surface area contributed by atoms with Crippen LogP contribution in [0.15, 0.2) is 46.9 Å². The first-order valence-corrected chi connectivity index (χ1v) is 7.27. The van der Waals surface area contributed by atoms with Crippen molar-refractivity contribution < 1.29 is 4.74 Å². The first kappa shape index (κ1) is 14.1. The van der Waals surface area contributed by atoms with E-state index in [1.165, 1.54) is 11.1 Å². The molecule has 0 saturated heterocycles. The fourth-order valence-electron chi connectivity index (χ4n) is 1.88. The number of rotatable bonds is 5. The molecule has 3 heteroatoms. The molecule has 2 aromatic rings. The van der Waals surface area contributed by atoms with Gasteiger partial charge in [0, 0.05) is 4.47 Å². The van der Waals surface area contributed by atoms with E-state index in [1.54, 1.807) is 0 Å². The van der Waals surface area contributed by atoms with Crippen LogP contribution in [-0.2, 0) is 12.8 Å². The van der Waals surface area contributed by atoms with E-state index in [-0.39, 0.29) is 0 Å². The van der Waals surface area contributed by atoms with Gasteiger partial charge in [-0.3, -0.25) is 0 Å². The largest absolute Gasteiger partial charge is 0.457 e. The van der Waals surface area contributed by atoms with E-state index in [2.05, 4.69) is 35.0 Å². The maximum Gasteiger partial charge on any atom is 0.128 e. The highest BCUT2D eigenvalue weighted by atomic mass is 79.9. The Morgan fingerprint density at radius 3 is 2.32 bits per heavy atom. The normalized spacial score (nSPS) is 10.5. The molecule has 0 aliphatic carbocycles. The summed E-state index contributed by atoms with van der Waals surface area (Å²) in [6, 6.07) is 14.2. The number of nitrogens with two attached hydrogens (primary N) is 1. The Morgan fingerprint density at radius 1 is 1.05 bits per heavy atom. The van der Waals surface area contributed by atoms with Crippen LogP contribution in [0.3, 0.4) is 0 Å². The second kappa shape index (κ2) is 6.73. The molecule has 0 spiro atoms. The summed E-state index contributed by atoms with van der Waals surface area (Å²) in [5.74, 6) is 1.69. The molecule has 0 amide bonds. The molecule has 0 atom stereocenters. The Kier molecular flexibility index (Phi) is 5.00. The van der Waals surface area contributed by atoms with Gasteiger partial charge in [0.1, 0.15) is 11.5 Å². The van der Waals surface area contributed by atoms with E-state index < -0.39 is 0 Å². The zero-order valence-corrected chi connectivity index (χ0v) is 12.6. The lowest BCUT2D eigenvalue weighted by atomic mass is 10.1. The number of hydrogen-bond donors (Lipinski definition) is 1. The van der Waals surface area contributed by atoms with Gasteiger partial charge in [0.2, 0.25) is 0 Å². The highest BCUT2D eigenvalue weighted by Crippen LogP contribution is 2.27. The van der Waals surface area contributed by atoms with Crippen molar-refractivity contribution in [2.75, 3.05) is 6.54 Å². The lowest BCUT2D eigenvalue weighted by Crippen LogP contribution is -2.03. The van der Waals surface area contributed by atoms with E-state index >= 15 is 0 Å². The quantitative estimate of drug-likeness (QED) is 0.891. The van der Waals surface area contributed by atoms with Crippen molar-refractivity contribution in [3.63, 3.8) is 0 Å². The summed E-state index contributed by atoms with van der Waals surface area (Å²) >= 11 is 3.55. The zero-order valence-electron chi connectivity index (χ0n) is 11.0. The smallest absolute Gasteiger partial charge is 0.128 e. The molecule has 2 N–H and O–H groups in total. The molecule has 0 unspecified atom stereocenters. The minimum absolute atomic E-state index is 0.650. The molecule has 2 nitrogen and oxygen atoms in total. The molecule has 0 fully saturated rings. The Morgan fingerprint density at radius 2 is 1.74 bits per heavy atom. The van der Waals surface area contributed by atoms with Crippen LogP contribution in [0.4, 0.5) is 0 Å². The van der Waals surface area contributed by atoms with Crippen LogP contribution in [0, 0.1) is 0 Å². The molecule has 0 aliphatic heterocycles. The van der Waals surface area contributed by atoms with Crippen molar-refractivity contribution in [1.29, 1.82) is 0 Å². The first-order valence-electron chi connectivity index (χ1n) is 6.48. The van der Waals surface area contributed by atoms with Crippen molar-refractivity contribution in [2.45, 2.75) is 19.8 Å². The molecule has 19 heavy (non-hydrogen) atoms. The molecule has 0 heterocycles. The predicted octanol–water partition coefficient (Wildman–Crippen LogP) is 4.31. The van der Waals surface area contributed by atoms with Crippen LogP contribution in [0.2, 0.25) is 0 Å². The van der Waals surface area contributed by atoms with E-state index in [4.69, 9.17) is 10.5 Å². The van der Waals surface area contributed by atoms with Crippen LogP contribution in [0.5, 0.6) is 11.5 Å². The van der Waals surface area contributed by atoms with Gasteiger partial charge < -0.3 is 10.5 Å². The summed E-state index contributed by atoms with van der Waals surface area (Å²) in [7, 11) is 0. The second-order valence-corrected chi connectivity index (χ2v) is 5.25. The molecule has 2 aromatic carbocycles. The van der Waals surface area contributed by atoms with Crippen LogP contribution >= 0.6 is 15.9 Å². The lowest BCUT2D eigenvalue weighted by molar-refractivity contribution is 0.482. The van der Waals surface area contributed by atoms with E-state index in [9.17, 15) is 0 Å². The Balaban J connectivity index is 2.11. The fourth-order valence-corrected chi connectivity index (χ4v) is 2.44. The maximum absolute atomic E-state index is 5.83. The van der Waals surface area contributed by atoms with Gasteiger partial charge in [0.15, 0.2) is 0 Å². The summed E-state index contributed by atoms with van der Waals surface area (Å²) < 4.78 is 6.87. The van der Waals surface area contributed by atoms with Gasteiger partial charge in [-0.15, -0.1) is 0 Å². The molecule has 0 bridgehead atoms. The van der Waals surface area contributed by atoms with Crippen LogP contribution in [-0.4, -0.2) is 6.54 Å². The average molecular weight is 320 g/mol. The van der Waals surface area contributed by atoms with Crippen molar-refractivity contribution in [3.05, 3.63) is 58.1 Å². The number of ether oxygens (including phenoxy) is 1. The first-order chi connectivity index (χ1) is 9.22. The van der Waals surface area contributed by atoms with Crippen LogP contribution < -0.4 is 10.5 Å². The lowest BCUT2D eigenvalue weighted by Gasteiger charge is -2.09. The van der Waals surface area contributed by atoms with E-state index in [1.807, 2.05) is 30.3 Å². The molecule has 0 aliphatic rings. The van der Waals surface area contributed by atoms with Gasteiger partial charge in [-0.05, 0) is 54.8 Å². The van der Waals surface area contributed by atoms with Crippen molar-refractivity contribution in [2.24, 2.45) is 5.73 Å². The van der Waals surface area contributed by atoms with Gasteiger partial charge in [0.25, 0.3) is 0 Å². The summed E-state index contributed by atoms with van der Waals surface area (Å²) in [6.07, 6.45) is 1.91. The second-order valence-electron chi connectivity index (χ2n) is 4.39. The summed E-state index contributed by atoms with van der Waals surface area (Å²) in [5.41, 5.74) is 8.08. The molecule has 100 valence electrons. The van der Waals surface area contributed by atoms with Crippen molar-refractivity contribution in [1.82, 2.24) is 0 Å².